The number of nitrogens with one attached hydrogen (secondary N) is 1. The Balaban J connectivity index is 2.71. The highest BCUT2D eigenvalue weighted by Gasteiger charge is 2.22. The van der Waals surface area contributed by atoms with E-state index in [1.165, 1.54) is 13.3 Å². The van der Waals surface area contributed by atoms with Crippen molar-refractivity contribution in [2.45, 2.75) is 6.92 Å². The molecule has 0 aliphatic carbocycles. The number of hydrogen-bond donors (Lipinski definition) is 2. The Bertz CT molecular complexity index is 615. The number of aromatic amines is 1. The van der Waals surface area contributed by atoms with Gasteiger partial charge in [-0.15, -0.1) is 0 Å². The van der Waals surface area contributed by atoms with Crippen LogP contribution in [0.4, 0.5) is 0 Å². The number of carbonyl (C=O) groups excluding carboxylic acids is 1. The molecule has 1 aromatic heterocycles. The molecule has 98 valence electrons. The fourth-order valence-corrected chi connectivity index (χ4v) is 2.07. The fourth-order valence-electron chi connectivity index (χ4n) is 2.07. The van der Waals surface area contributed by atoms with Crippen LogP contribution in [0.5, 0.6) is 0 Å². The summed E-state index contributed by atoms with van der Waals surface area (Å²) in [7, 11) is 1.34. The molecule has 5 nitrogen and oxygen atoms in total. The molecule has 5 heteroatoms. The van der Waals surface area contributed by atoms with Gasteiger partial charge in [-0.05, 0) is 12.5 Å². The van der Waals surface area contributed by atoms with Crippen LogP contribution in [0.3, 0.4) is 0 Å². The summed E-state index contributed by atoms with van der Waals surface area (Å²) >= 11 is 0. The number of rotatable bonds is 3. The van der Waals surface area contributed by atoms with Crippen LogP contribution in [0.2, 0.25) is 0 Å². The summed E-state index contributed by atoms with van der Waals surface area (Å²) in [6.07, 6.45) is 1.27. The van der Waals surface area contributed by atoms with Gasteiger partial charge in [-0.25, -0.2) is 4.79 Å². The second kappa shape index (κ2) is 5.39. The van der Waals surface area contributed by atoms with Crippen LogP contribution in [0.15, 0.2) is 35.5 Å². The van der Waals surface area contributed by atoms with Gasteiger partial charge in [0, 0.05) is 11.3 Å². The fraction of sp³-hybridized carbons (Fsp3) is 0.143. The van der Waals surface area contributed by atoms with Gasteiger partial charge in [-0.2, -0.15) is 0 Å². The van der Waals surface area contributed by atoms with Gasteiger partial charge < -0.3 is 14.9 Å². The first-order chi connectivity index (χ1) is 9.19. The number of carbonyl (C=O) groups is 1. The zero-order valence-electron chi connectivity index (χ0n) is 10.7. The van der Waals surface area contributed by atoms with Crippen molar-refractivity contribution in [3.05, 3.63) is 47.3 Å². The highest BCUT2D eigenvalue weighted by atomic mass is 16.5. The molecule has 0 saturated heterocycles. The molecule has 0 aliphatic heterocycles. The van der Waals surface area contributed by atoms with Crippen LogP contribution in [-0.2, 0) is 4.74 Å². The Morgan fingerprint density at radius 3 is 2.63 bits per heavy atom. The number of ether oxygens (including phenoxy) is 1. The lowest BCUT2D eigenvalue weighted by molar-refractivity contribution is 0.0601. The molecule has 0 amide bonds. The van der Waals surface area contributed by atoms with Crippen molar-refractivity contribution in [2.24, 2.45) is 5.16 Å². The first kappa shape index (κ1) is 12.9. The number of nitrogens with zero attached hydrogens (tertiary/aromatic N) is 1. The van der Waals surface area contributed by atoms with Crippen molar-refractivity contribution >= 4 is 12.2 Å². The Hall–Kier alpha value is -2.56. The quantitative estimate of drug-likeness (QED) is 0.384. The number of hydrogen-bond acceptors (Lipinski definition) is 4. The molecule has 1 aromatic carbocycles. The summed E-state index contributed by atoms with van der Waals surface area (Å²) in [6, 6.07) is 9.39. The van der Waals surface area contributed by atoms with Crippen LogP contribution in [0.1, 0.15) is 21.7 Å². The maximum Gasteiger partial charge on any atom is 0.340 e. The SMILES string of the molecule is COC(=O)c1c(C)[nH]c(/C=N/O)c1-c1ccccc1. The molecule has 2 N–H and O–H groups in total. The van der Waals surface area contributed by atoms with Crippen molar-refractivity contribution in [2.75, 3.05) is 7.11 Å². The van der Waals surface area contributed by atoms with Gasteiger partial charge in [-0.3, -0.25) is 0 Å². The molecule has 0 radical (unpaired) electrons. The third kappa shape index (κ3) is 2.35. The van der Waals surface area contributed by atoms with Crippen molar-refractivity contribution in [3.8, 4) is 11.1 Å². The van der Waals surface area contributed by atoms with Crippen molar-refractivity contribution in [1.29, 1.82) is 0 Å². The summed E-state index contributed by atoms with van der Waals surface area (Å²) < 4.78 is 4.80. The highest BCUT2D eigenvalue weighted by molar-refractivity contribution is 6.04. The minimum absolute atomic E-state index is 0.426. The lowest BCUT2D eigenvalue weighted by atomic mass is 10.0. The molecule has 0 bridgehead atoms. The van der Waals surface area contributed by atoms with Crippen LogP contribution < -0.4 is 0 Å². The molecule has 2 aromatic rings. The van der Waals surface area contributed by atoms with Crippen molar-refractivity contribution < 1.29 is 14.7 Å². The van der Waals surface area contributed by atoms with Gasteiger partial charge in [0.05, 0.1) is 24.6 Å². The second-order valence-electron chi connectivity index (χ2n) is 4.02. The third-order valence-corrected chi connectivity index (χ3v) is 2.86. The Morgan fingerprint density at radius 1 is 1.37 bits per heavy atom. The van der Waals surface area contributed by atoms with E-state index >= 15 is 0 Å². The van der Waals surface area contributed by atoms with E-state index in [0.29, 0.717) is 22.5 Å². The van der Waals surface area contributed by atoms with Gasteiger partial charge in [-0.1, -0.05) is 35.5 Å². The Labute approximate surface area is 110 Å². The molecule has 19 heavy (non-hydrogen) atoms. The molecule has 2 rings (SSSR count). The average Bonchev–Trinajstić information content (AvgIpc) is 2.76. The summed E-state index contributed by atoms with van der Waals surface area (Å²) in [4.78, 5) is 14.9. The summed E-state index contributed by atoms with van der Waals surface area (Å²) in [5.74, 6) is -0.426. The standard InChI is InChI=1S/C14H14N2O3/c1-9-12(14(17)19-2)13(11(16-9)8-15-18)10-6-4-3-5-7-10/h3-8,16,18H,1-2H3/b15-8+. The van der Waals surface area contributed by atoms with E-state index in [1.807, 2.05) is 30.3 Å². The lowest BCUT2D eigenvalue weighted by Gasteiger charge is -2.04. The number of benzene rings is 1. The van der Waals surface area contributed by atoms with Crippen LogP contribution in [0.25, 0.3) is 11.1 Å². The van der Waals surface area contributed by atoms with E-state index in [0.717, 1.165) is 5.56 Å². The maximum atomic E-state index is 11.9. The highest BCUT2D eigenvalue weighted by Crippen LogP contribution is 2.29. The third-order valence-electron chi connectivity index (χ3n) is 2.86. The average molecular weight is 258 g/mol. The minimum atomic E-state index is -0.426. The molecule has 0 saturated carbocycles. The minimum Gasteiger partial charge on any atom is -0.465 e. The first-order valence-electron chi connectivity index (χ1n) is 5.72. The van der Waals surface area contributed by atoms with Gasteiger partial charge in [0.1, 0.15) is 0 Å². The first-order valence-corrected chi connectivity index (χ1v) is 5.72. The smallest absolute Gasteiger partial charge is 0.340 e. The summed E-state index contributed by atoms with van der Waals surface area (Å²) in [5.41, 5.74) is 3.20. The number of H-pyrrole nitrogens is 1. The molecule has 0 spiro atoms. The molecule has 0 atom stereocenters. The van der Waals surface area contributed by atoms with E-state index in [-0.39, 0.29) is 0 Å². The maximum absolute atomic E-state index is 11.9. The van der Waals surface area contributed by atoms with E-state index in [4.69, 9.17) is 9.94 Å². The number of methoxy groups -OCH3 is 1. The summed E-state index contributed by atoms with van der Waals surface area (Å²) in [5, 5.41) is 11.7. The number of aryl methyl sites for hydroxylation is 1. The number of oxime groups is 1. The van der Waals surface area contributed by atoms with Crippen LogP contribution in [-0.4, -0.2) is 29.5 Å². The summed E-state index contributed by atoms with van der Waals surface area (Å²) in [6.45, 7) is 1.77. The van der Waals surface area contributed by atoms with E-state index in [2.05, 4.69) is 10.1 Å². The number of esters is 1. The number of aromatic nitrogens is 1. The molecule has 1 heterocycles. The predicted molar refractivity (Wildman–Crippen MR) is 71.7 cm³/mol. The molecule has 0 aliphatic rings. The Morgan fingerprint density at radius 2 is 2.05 bits per heavy atom. The van der Waals surface area contributed by atoms with Gasteiger partial charge >= 0.3 is 5.97 Å². The van der Waals surface area contributed by atoms with E-state index in [9.17, 15) is 4.79 Å². The zero-order chi connectivity index (χ0) is 13.8. The van der Waals surface area contributed by atoms with E-state index < -0.39 is 5.97 Å². The van der Waals surface area contributed by atoms with Gasteiger partial charge in [0.15, 0.2) is 0 Å². The monoisotopic (exact) mass is 258 g/mol. The molecule has 0 unspecified atom stereocenters. The van der Waals surface area contributed by atoms with Crippen molar-refractivity contribution in [3.63, 3.8) is 0 Å². The molecule has 0 fully saturated rings. The normalized spacial score (nSPS) is 10.8. The zero-order valence-corrected chi connectivity index (χ0v) is 10.7. The second-order valence-corrected chi connectivity index (χ2v) is 4.02. The van der Waals surface area contributed by atoms with E-state index in [1.54, 1.807) is 6.92 Å². The predicted octanol–water partition coefficient (Wildman–Crippen LogP) is 2.58. The Kier molecular flexibility index (Phi) is 3.66. The van der Waals surface area contributed by atoms with Crippen LogP contribution >= 0.6 is 0 Å². The van der Waals surface area contributed by atoms with Gasteiger partial charge in [0.2, 0.25) is 0 Å². The van der Waals surface area contributed by atoms with Crippen molar-refractivity contribution in [1.82, 2.24) is 4.98 Å². The lowest BCUT2D eigenvalue weighted by Crippen LogP contribution is -2.03. The largest absolute Gasteiger partial charge is 0.465 e. The van der Waals surface area contributed by atoms with Gasteiger partial charge in [0.25, 0.3) is 0 Å². The molecular formula is C14H14N2O3. The molecular weight excluding hydrogens is 244 g/mol. The topological polar surface area (TPSA) is 74.7 Å². The van der Waals surface area contributed by atoms with Crippen LogP contribution in [0, 0.1) is 6.92 Å².